The standard InChI is InChI=1S/C14H17N5S2/c1-9(2)14-13(20-18-15-14)8-19(3)7-10-4-5-11-12(6-10)17-21-16-11/h4-6,9H,7-8H2,1-3H3. The normalized spacial score (nSPS) is 11.9. The van der Waals surface area contributed by atoms with Crippen LogP contribution in [0.2, 0.25) is 0 Å². The first-order valence-corrected chi connectivity index (χ1v) is 8.34. The summed E-state index contributed by atoms with van der Waals surface area (Å²) >= 11 is 2.76. The number of nitrogens with zero attached hydrogens (tertiary/aromatic N) is 5. The molecule has 0 aliphatic rings. The zero-order valence-electron chi connectivity index (χ0n) is 12.3. The molecule has 2 aromatic heterocycles. The van der Waals surface area contributed by atoms with Gasteiger partial charge in [0.2, 0.25) is 0 Å². The zero-order valence-corrected chi connectivity index (χ0v) is 13.9. The van der Waals surface area contributed by atoms with Gasteiger partial charge < -0.3 is 0 Å². The lowest BCUT2D eigenvalue weighted by Crippen LogP contribution is -2.17. The van der Waals surface area contributed by atoms with Gasteiger partial charge in [-0.2, -0.15) is 8.75 Å². The third-order valence-electron chi connectivity index (χ3n) is 3.32. The van der Waals surface area contributed by atoms with Crippen LogP contribution >= 0.6 is 23.3 Å². The highest BCUT2D eigenvalue weighted by atomic mass is 32.1. The fourth-order valence-electron chi connectivity index (χ4n) is 2.30. The summed E-state index contributed by atoms with van der Waals surface area (Å²) < 4.78 is 12.6. The highest BCUT2D eigenvalue weighted by molar-refractivity contribution is 7.05. The Labute approximate surface area is 132 Å². The van der Waals surface area contributed by atoms with E-state index in [2.05, 4.69) is 56.3 Å². The van der Waals surface area contributed by atoms with Gasteiger partial charge >= 0.3 is 0 Å². The molecule has 7 heteroatoms. The monoisotopic (exact) mass is 319 g/mol. The Kier molecular flexibility index (Phi) is 4.23. The van der Waals surface area contributed by atoms with Crippen LogP contribution in [-0.2, 0) is 13.1 Å². The lowest BCUT2D eigenvalue weighted by molar-refractivity contribution is 0.320. The predicted octanol–water partition coefficient (Wildman–Crippen LogP) is 3.30. The van der Waals surface area contributed by atoms with E-state index in [0.29, 0.717) is 5.92 Å². The van der Waals surface area contributed by atoms with E-state index in [1.54, 1.807) is 0 Å². The first-order valence-electron chi connectivity index (χ1n) is 6.84. The molecule has 0 saturated carbocycles. The second-order valence-corrected chi connectivity index (χ2v) is 6.86. The summed E-state index contributed by atoms with van der Waals surface area (Å²) in [6, 6.07) is 6.27. The Bertz CT molecular complexity index is 734. The van der Waals surface area contributed by atoms with Gasteiger partial charge in [0, 0.05) is 13.1 Å². The van der Waals surface area contributed by atoms with Crippen molar-refractivity contribution < 1.29 is 0 Å². The minimum Gasteiger partial charge on any atom is -0.297 e. The molecule has 0 spiro atoms. The average molecular weight is 319 g/mol. The van der Waals surface area contributed by atoms with Gasteiger partial charge in [0.05, 0.1) is 22.3 Å². The molecular weight excluding hydrogens is 302 g/mol. The summed E-state index contributed by atoms with van der Waals surface area (Å²) in [5.41, 5.74) is 4.32. The van der Waals surface area contributed by atoms with Crippen LogP contribution in [0.15, 0.2) is 18.2 Å². The highest BCUT2D eigenvalue weighted by Gasteiger charge is 2.13. The number of benzene rings is 1. The molecule has 0 aliphatic heterocycles. The summed E-state index contributed by atoms with van der Waals surface area (Å²) in [5, 5.41) is 4.23. The molecule has 110 valence electrons. The molecule has 0 saturated heterocycles. The molecular formula is C14H17N5S2. The lowest BCUT2D eigenvalue weighted by Gasteiger charge is -2.16. The van der Waals surface area contributed by atoms with Crippen molar-refractivity contribution in [3.05, 3.63) is 34.3 Å². The predicted molar refractivity (Wildman–Crippen MR) is 86.6 cm³/mol. The van der Waals surface area contributed by atoms with E-state index in [4.69, 9.17) is 0 Å². The first-order chi connectivity index (χ1) is 10.1. The van der Waals surface area contributed by atoms with Crippen molar-refractivity contribution in [3.8, 4) is 0 Å². The molecule has 0 atom stereocenters. The molecule has 0 radical (unpaired) electrons. The van der Waals surface area contributed by atoms with Gasteiger partial charge in [0.15, 0.2) is 0 Å². The summed E-state index contributed by atoms with van der Waals surface area (Å²) in [5.74, 6) is 0.421. The molecule has 0 bridgehead atoms. The first kappa shape index (κ1) is 14.5. The van der Waals surface area contributed by atoms with Gasteiger partial charge in [-0.15, -0.1) is 5.10 Å². The third kappa shape index (κ3) is 3.25. The topological polar surface area (TPSA) is 54.8 Å². The van der Waals surface area contributed by atoms with Crippen molar-refractivity contribution >= 4 is 34.3 Å². The fourth-order valence-corrected chi connectivity index (χ4v) is 3.70. The van der Waals surface area contributed by atoms with Crippen LogP contribution in [-0.4, -0.2) is 30.3 Å². The second-order valence-electron chi connectivity index (χ2n) is 5.50. The summed E-state index contributed by atoms with van der Waals surface area (Å²) in [6.45, 7) is 6.06. The van der Waals surface area contributed by atoms with E-state index in [1.165, 1.54) is 33.7 Å². The highest BCUT2D eigenvalue weighted by Crippen LogP contribution is 2.22. The number of aromatic nitrogens is 4. The zero-order chi connectivity index (χ0) is 14.8. The van der Waals surface area contributed by atoms with Gasteiger partial charge in [-0.05, 0) is 42.2 Å². The second kappa shape index (κ2) is 6.13. The molecule has 0 unspecified atom stereocenters. The molecule has 5 nitrogen and oxygen atoms in total. The van der Waals surface area contributed by atoms with Crippen LogP contribution in [0.25, 0.3) is 11.0 Å². The molecule has 0 fully saturated rings. The number of rotatable bonds is 5. The van der Waals surface area contributed by atoms with E-state index >= 15 is 0 Å². The Morgan fingerprint density at radius 1 is 1.14 bits per heavy atom. The molecule has 21 heavy (non-hydrogen) atoms. The van der Waals surface area contributed by atoms with E-state index in [0.717, 1.165) is 29.8 Å². The van der Waals surface area contributed by atoms with Crippen LogP contribution in [0.4, 0.5) is 0 Å². The number of fused-ring (bicyclic) bond motifs is 1. The third-order valence-corrected chi connectivity index (χ3v) is 4.59. The number of hydrogen-bond acceptors (Lipinski definition) is 7. The maximum Gasteiger partial charge on any atom is 0.105 e. The minimum absolute atomic E-state index is 0.421. The maximum absolute atomic E-state index is 4.29. The van der Waals surface area contributed by atoms with Gasteiger partial charge in [0.1, 0.15) is 11.0 Å². The van der Waals surface area contributed by atoms with E-state index < -0.39 is 0 Å². The maximum atomic E-state index is 4.29. The van der Waals surface area contributed by atoms with Crippen molar-refractivity contribution in [2.45, 2.75) is 32.9 Å². The van der Waals surface area contributed by atoms with Crippen molar-refractivity contribution in [1.29, 1.82) is 0 Å². The van der Waals surface area contributed by atoms with Crippen LogP contribution in [0.5, 0.6) is 0 Å². The van der Waals surface area contributed by atoms with Crippen molar-refractivity contribution in [2.75, 3.05) is 7.05 Å². The Morgan fingerprint density at radius 3 is 2.76 bits per heavy atom. The van der Waals surface area contributed by atoms with E-state index in [1.807, 2.05) is 6.07 Å². The summed E-state index contributed by atoms with van der Waals surface area (Å²) in [6.07, 6.45) is 0. The molecule has 3 aromatic rings. The largest absolute Gasteiger partial charge is 0.297 e. The molecule has 0 amide bonds. The van der Waals surface area contributed by atoms with Crippen LogP contribution in [0, 0.1) is 0 Å². The minimum atomic E-state index is 0.421. The molecule has 3 rings (SSSR count). The number of hydrogen-bond donors (Lipinski definition) is 0. The van der Waals surface area contributed by atoms with Crippen LogP contribution in [0.1, 0.15) is 35.9 Å². The van der Waals surface area contributed by atoms with Crippen LogP contribution in [0.3, 0.4) is 0 Å². The van der Waals surface area contributed by atoms with Gasteiger partial charge in [-0.3, -0.25) is 4.90 Å². The fraction of sp³-hybridized carbons (Fsp3) is 0.429. The average Bonchev–Trinajstić information content (AvgIpc) is 3.06. The smallest absolute Gasteiger partial charge is 0.105 e. The van der Waals surface area contributed by atoms with Crippen molar-refractivity contribution in [2.24, 2.45) is 0 Å². The quantitative estimate of drug-likeness (QED) is 0.722. The van der Waals surface area contributed by atoms with Crippen molar-refractivity contribution in [3.63, 3.8) is 0 Å². The summed E-state index contributed by atoms with van der Waals surface area (Å²) in [7, 11) is 2.12. The molecule has 1 aromatic carbocycles. The van der Waals surface area contributed by atoms with E-state index in [-0.39, 0.29) is 0 Å². The van der Waals surface area contributed by atoms with E-state index in [9.17, 15) is 0 Å². The SMILES string of the molecule is CC(C)c1nnsc1CN(C)Cc1ccc2nsnc2c1. The lowest BCUT2D eigenvalue weighted by atomic mass is 10.1. The molecule has 0 aliphatic carbocycles. The van der Waals surface area contributed by atoms with Crippen molar-refractivity contribution in [1.82, 2.24) is 23.2 Å². The van der Waals surface area contributed by atoms with Crippen LogP contribution < -0.4 is 0 Å². The van der Waals surface area contributed by atoms with Gasteiger partial charge in [0.25, 0.3) is 0 Å². The Balaban J connectivity index is 1.70. The molecule has 0 N–H and O–H groups in total. The van der Waals surface area contributed by atoms with Gasteiger partial charge in [-0.1, -0.05) is 24.4 Å². The summed E-state index contributed by atoms with van der Waals surface area (Å²) in [4.78, 5) is 3.53. The molecule has 2 heterocycles. The Hall–Kier alpha value is -1.44. The van der Waals surface area contributed by atoms with Gasteiger partial charge in [-0.25, -0.2) is 0 Å². The Morgan fingerprint density at radius 2 is 1.95 bits per heavy atom.